The predicted octanol–water partition coefficient (Wildman–Crippen LogP) is 4.97. The molecule has 102 valence electrons. The van der Waals surface area contributed by atoms with Crippen LogP contribution in [0.25, 0.3) is 31.1 Å². The SMILES string of the molecule is [C-]#[N+]/C(C#N)=C\c1cc2cc3sc(N(C)C)cc3cc2s1. The van der Waals surface area contributed by atoms with Crippen molar-refractivity contribution in [1.82, 2.24) is 0 Å². The summed E-state index contributed by atoms with van der Waals surface area (Å²) in [5.41, 5.74) is 0.123. The average molecular weight is 309 g/mol. The molecule has 2 aromatic heterocycles. The topological polar surface area (TPSA) is 31.4 Å². The van der Waals surface area contributed by atoms with Crippen LogP contribution in [0.5, 0.6) is 0 Å². The number of thiophene rings is 2. The average Bonchev–Trinajstić information content (AvgIpc) is 3.04. The molecule has 21 heavy (non-hydrogen) atoms. The number of anilines is 1. The van der Waals surface area contributed by atoms with Gasteiger partial charge in [-0.15, -0.1) is 22.7 Å². The number of fused-ring (bicyclic) bond motifs is 2. The van der Waals surface area contributed by atoms with Crippen molar-refractivity contribution >= 4 is 53.9 Å². The predicted molar refractivity (Wildman–Crippen MR) is 91.7 cm³/mol. The van der Waals surface area contributed by atoms with E-state index in [-0.39, 0.29) is 5.70 Å². The Morgan fingerprint density at radius 2 is 1.86 bits per heavy atom. The van der Waals surface area contributed by atoms with E-state index in [2.05, 4.69) is 27.9 Å². The van der Waals surface area contributed by atoms with Crippen LogP contribution in [0.15, 0.2) is 30.0 Å². The third-order valence-electron chi connectivity index (χ3n) is 3.12. The van der Waals surface area contributed by atoms with E-state index in [0.29, 0.717) is 0 Å². The molecule has 0 atom stereocenters. The van der Waals surface area contributed by atoms with E-state index >= 15 is 0 Å². The fourth-order valence-corrected chi connectivity index (χ4v) is 4.14. The molecule has 3 rings (SSSR count). The molecule has 3 nitrogen and oxygen atoms in total. The smallest absolute Gasteiger partial charge is 0.263 e. The van der Waals surface area contributed by atoms with E-state index in [1.165, 1.54) is 19.8 Å². The van der Waals surface area contributed by atoms with Crippen LogP contribution in [-0.2, 0) is 0 Å². The Morgan fingerprint density at radius 1 is 1.19 bits per heavy atom. The Morgan fingerprint density at radius 3 is 2.48 bits per heavy atom. The molecule has 3 aromatic rings. The standard InChI is InChI=1S/C16H11N3S2/c1-18-12(9-17)8-13-4-10-5-15-11(6-14(10)20-13)7-16(21-15)19(2)3/h4-8H,2-3H3/b12-8-. The molecule has 0 unspecified atom stereocenters. The van der Waals surface area contributed by atoms with Gasteiger partial charge in [-0.25, -0.2) is 10.1 Å². The Hall–Kier alpha value is -2.34. The van der Waals surface area contributed by atoms with Gasteiger partial charge in [-0.05, 0) is 41.1 Å². The molecular formula is C16H11N3S2. The summed E-state index contributed by atoms with van der Waals surface area (Å²) < 4.78 is 2.43. The van der Waals surface area contributed by atoms with E-state index in [1.807, 2.05) is 26.2 Å². The second-order valence-electron chi connectivity index (χ2n) is 4.81. The van der Waals surface area contributed by atoms with Crippen molar-refractivity contribution in [2.75, 3.05) is 19.0 Å². The van der Waals surface area contributed by atoms with Crippen molar-refractivity contribution in [1.29, 1.82) is 5.26 Å². The zero-order valence-electron chi connectivity index (χ0n) is 11.5. The molecule has 2 heterocycles. The lowest BCUT2D eigenvalue weighted by atomic mass is 10.2. The molecule has 0 radical (unpaired) electrons. The Balaban J connectivity index is 2.14. The lowest BCUT2D eigenvalue weighted by molar-refractivity contribution is 1.16. The fraction of sp³-hybridized carbons (Fsp3) is 0.125. The summed E-state index contributed by atoms with van der Waals surface area (Å²) in [6.07, 6.45) is 1.65. The molecule has 0 aliphatic heterocycles. The summed E-state index contributed by atoms with van der Waals surface area (Å²) in [6.45, 7) is 6.94. The van der Waals surface area contributed by atoms with Gasteiger partial charge < -0.3 is 4.90 Å². The van der Waals surface area contributed by atoms with Gasteiger partial charge >= 0.3 is 0 Å². The van der Waals surface area contributed by atoms with Crippen LogP contribution in [-0.4, -0.2) is 14.1 Å². The first kappa shape index (κ1) is 13.6. The molecule has 0 aliphatic carbocycles. The lowest BCUT2D eigenvalue weighted by Crippen LogP contribution is -2.05. The molecule has 1 aromatic carbocycles. The second-order valence-corrected chi connectivity index (χ2v) is 6.99. The van der Waals surface area contributed by atoms with E-state index in [4.69, 9.17) is 11.8 Å². The molecular weight excluding hydrogens is 298 g/mol. The summed E-state index contributed by atoms with van der Waals surface area (Å²) in [4.78, 5) is 6.26. The minimum atomic E-state index is 0.123. The highest BCUT2D eigenvalue weighted by molar-refractivity contribution is 7.23. The zero-order chi connectivity index (χ0) is 15.0. The molecule has 5 heteroatoms. The molecule has 0 saturated heterocycles. The minimum absolute atomic E-state index is 0.123. The van der Waals surface area contributed by atoms with Gasteiger partial charge in [-0.3, -0.25) is 0 Å². The van der Waals surface area contributed by atoms with E-state index < -0.39 is 0 Å². The van der Waals surface area contributed by atoms with Gasteiger partial charge in [0.1, 0.15) is 0 Å². The Bertz CT molecular complexity index is 879. The van der Waals surface area contributed by atoms with E-state index in [1.54, 1.807) is 28.7 Å². The van der Waals surface area contributed by atoms with Gasteiger partial charge in [0.15, 0.2) is 0 Å². The van der Waals surface area contributed by atoms with Crippen LogP contribution >= 0.6 is 22.7 Å². The number of rotatable bonds is 2. The Labute approximate surface area is 130 Å². The molecule has 0 spiro atoms. The molecule has 0 bridgehead atoms. The number of hydrogen-bond donors (Lipinski definition) is 0. The number of allylic oxidation sites excluding steroid dienone is 1. The van der Waals surface area contributed by atoms with Crippen LogP contribution in [0, 0.1) is 17.9 Å². The van der Waals surface area contributed by atoms with Gasteiger partial charge in [0.05, 0.1) is 17.6 Å². The van der Waals surface area contributed by atoms with Gasteiger partial charge in [0, 0.05) is 28.4 Å². The third-order valence-corrected chi connectivity index (χ3v) is 5.43. The first-order valence-electron chi connectivity index (χ1n) is 6.24. The summed E-state index contributed by atoms with van der Waals surface area (Å²) in [6, 6.07) is 10.5. The maximum atomic E-state index is 8.84. The Kier molecular flexibility index (Phi) is 3.39. The first-order valence-corrected chi connectivity index (χ1v) is 7.88. The summed E-state index contributed by atoms with van der Waals surface area (Å²) in [5.74, 6) is 0. The molecule has 0 saturated carbocycles. The number of nitriles is 1. The van der Waals surface area contributed by atoms with Gasteiger partial charge in [0.25, 0.3) is 5.70 Å². The number of hydrogen-bond acceptors (Lipinski definition) is 4. The van der Waals surface area contributed by atoms with Crippen molar-refractivity contribution < 1.29 is 0 Å². The van der Waals surface area contributed by atoms with Crippen LogP contribution in [0.1, 0.15) is 4.88 Å². The van der Waals surface area contributed by atoms with Crippen molar-refractivity contribution in [3.05, 3.63) is 46.3 Å². The highest BCUT2D eigenvalue weighted by atomic mass is 32.1. The van der Waals surface area contributed by atoms with E-state index in [0.717, 1.165) is 10.3 Å². The van der Waals surface area contributed by atoms with Crippen LogP contribution in [0.2, 0.25) is 0 Å². The largest absolute Gasteiger partial charge is 0.370 e. The van der Waals surface area contributed by atoms with Crippen molar-refractivity contribution in [3.63, 3.8) is 0 Å². The highest BCUT2D eigenvalue weighted by Gasteiger charge is 2.08. The number of nitrogens with zero attached hydrogens (tertiary/aromatic N) is 3. The molecule has 0 aliphatic rings. The minimum Gasteiger partial charge on any atom is -0.370 e. The van der Waals surface area contributed by atoms with E-state index in [9.17, 15) is 0 Å². The van der Waals surface area contributed by atoms with Crippen molar-refractivity contribution in [3.8, 4) is 6.07 Å². The monoisotopic (exact) mass is 309 g/mol. The third kappa shape index (κ3) is 2.50. The normalized spacial score (nSPS) is 11.5. The van der Waals surface area contributed by atoms with Gasteiger partial charge in [-0.2, -0.15) is 0 Å². The van der Waals surface area contributed by atoms with Crippen LogP contribution < -0.4 is 4.90 Å². The summed E-state index contributed by atoms with van der Waals surface area (Å²) in [5, 5.41) is 12.5. The molecule has 0 amide bonds. The van der Waals surface area contributed by atoms with Gasteiger partial charge in [0.2, 0.25) is 0 Å². The van der Waals surface area contributed by atoms with Crippen molar-refractivity contribution in [2.24, 2.45) is 0 Å². The van der Waals surface area contributed by atoms with Crippen LogP contribution in [0.3, 0.4) is 0 Å². The van der Waals surface area contributed by atoms with Crippen molar-refractivity contribution in [2.45, 2.75) is 0 Å². The number of benzene rings is 1. The summed E-state index contributed by atoms with van der Waals surface area (Å²) >= 11 is 3.38. The maximum Gasteiger partial charge on any atom is 0.263 e. The molecule has 0 N–H and O–H groups in total. The second kappa shape index (κ2) is 5.21. The fourth-order valence-electron chi connectivity index (χ4n) is 2.09. The quantitative estimate of drug-likeness (QED) is 0.494. The first-order chi connectivity index (χ1) is 10.1. The van der Waals surface area contributed by atoms with Gasteiger partial charge in [-0.1, -0.05) is 0 Å². The zero-order valence-corrected chi connectivity index (χ0v) is 13.2. The molecule has 0 fully saturated rings. The highest BCUT2D eigenvalue weighted by Crippen LogP contribution is 2.37. The summed E-state index contributed by atoms with van der Waals surface area (Å²) in [7, 11) is 4.09. The maximum absolute atomic E-state index is 8.84. The lowest BCUT2D eigenvalue weighted by Gasteiger charge is -2.06. The van der Waals surface area contributed by atoms with Crippen LogP contribution in [0.4, 0.5) is 5.00 Å².